The molecule has 1 aliphatic carbocycles. The van der Waals surface area contributed by atoms with Crippen molar-refractivity contribution in [2.24, 2.45) is 5.92 Å². The smallest absolute Gasteiger partial charge is 0.0589 e. The molecule has 0 radical (unpaired) electrons. The lowest BCUT2D eigenvalue weighted by Gasteiger charge is -2.29. The van der Waals surface area contributed by atoms with Gasteiger partial charge in [0.05, 0.1) is 6.61 Å². The van der Waals surface area contributed by atoms with Crippen molar-refractivity contribution in [3.63, 3.8) is 0 Å². The van der Waals surface area contributed by atoms with Crippen molar-refractivity contribution in [1.29, 1.82) is 0 Å². The van der Waals surface area contributed by atoms with Gasteiger partial charge in [-0.3, -0.25) is 4.90 Å². The van der Waals surface area contributed by atoms with Crippen LogP contribution in [-0.4, -0.2) is 44.3 Å². The van der Waals surface area contributed by atoms with E-state index in [-0.39, 0.29) is 0 Å². The summed E-state index contributed by atoms with van der Waals surface area (Å²) in [6, 6.07) is 11.1. The van der Waals surface area contributed by atoms with E-state index in [2.05, 4.69) is 47.5 Å². The molecule has 1 aromatic rings. The van der Waals surface area contributed by atoms with Gasteiger partial charge >= 0.3 is 0 Å². The van der Waals surface area contributed by atoms with Gasteiger partial charge in [-0.1, -0.05) is 18.2 Å². The molecule has 20 heavy (non-hydrogen) atoms. The molecule has 1 fully saturated rings. The van der Waals surface area contributed by atoms with Crippen LogP contribution in [0.4, 0.5) is 5.69 Å². The lowest BCUT2D eigenvalue weighted by atomic mass is 10.1. The second-order valence-electron chi connectivity index (χ2n) is 5.75. The number of nitrogens with one attached hydrogen (secondary N) is 1. The van der Waals surface area contributed by atoms with Gasteiger partial charge in [0.15, 0.2) is 0 Å². The van der Waals surface area contributed by atoms with E-state index in [1.165, 1.54) is 24.9 Å². The highest BCUT2D eigenvalue weighted by atomic mass is 16.5. The average Bonchev–Trinajstić information content (AvgIpc) is 3.31. The lowest BCUT2D eigenvalue weighted by molar-refractivity contribution is 0.117. The third kappa shape index (κ3) is 5.14. The second kappa shape index (κ2) is 8.28. The number of ether oxygens (including phenoxy) is 1. The maximum absolute atomic E-state index is 5.24. The molecule has 0 aromatic heterocycles. The standard InChI is InChI=1S/C17H28N2O/c1-15(16-9-10-16)19(13-14-20-2)12-6-11-18-17-7-4-3-5-8-17/h3-5,7-8,15-16,18H,6,9-14H2,1-2H3. The van der Waals surface area contributed by atoms with E-state index in [0.717, 1.165) is 32.2 Å². The van der Waals surface area contributed by atoms with Gasteiger partial charge in [-0.25, -0.2) is 0 Å². The molecule has 0 bridgehead atoms. The van der Waals surface area contributed by atoms with Crippen molar-refractivity contribution in [2.75, 3.05) is 38.7 Å². The fourth-order valence-electron chi connectivity index (χ4n) is 2.68. The van der Waals surface area contributed by atoms with E-state index in [1.807, 2.05) is 0 Å². The molecule has 1 saturated carbocycles. The number of para-hydroxylation sites is 1. The number of benzene rings is 1. The summed E-state index contributed by atoms with van der Waals surface area (Å²) in [4.78, 5) is 2.59. The molecule has 3 nitrogen and oxygen atoms in total. The van der Waals surface area contributed by atoms with Gasteiger partial charge in [0.1, 0.15) is 0 Å². The maximum Gasteiger partial charge on any atom is 0.0589 e. The summed E-state index contributed by atoms with van der Waals surface area (Å²) >= 11 is 0. The van der Waals surface area contributed by atoms with E-state index in [0.29, 0.717) is 6.04 Å². The summed E-state index contributed by atoms with van der Waals surface area (Å²) < 4.78 is 5.24. The molecule has 2 rings (SSSR count). The van der Waals surface area contributed by atoms with Crippen LogP contribution >= 0.6 is 0 Å². The zero-order chi connectivity index (χ0) is 14.2. The minimum Gasteiger partial charge on any atom is -0.385 e. The molecule has 1 aliphatic rings. The third-order valence-electron chi connectivity index (χ3n) is 4.19. The van der Waals surface area contributed by atoms with Crippen molar-refractivity contribution in [2.45, 2.75) is 32.2 Å². The SMILES string of the molecule is COCCN(CCCNc1ccccc1)C(C)C1CC1. The van der Waals surface area contributed by atoms with E-state index in [4.69, 9.17) is 4.74 Å². The molecular weight excluding hydrogens is 248 g/mol. The van der Waals surface area contributed by atoms with E-state index in [1.54, 1.807) is 7.11 Å². The monoisotopic (exact) mass is 276 g/mol. The molecule has 1 unspecified atom stereocenters. The van der Waals surface area contributed by atoms with Crippen molar-refractivity contribution in [3.8, 4) is 0 Å². The fourth-order valence-corrected chi connectivity index (χ4v) is 2.68. The van der Waals surface area contributed by atoms with Crippen molar-refractivity contribution >= 4 is 5.69 Å². The Balaban J connectivity index is 1.68. The lowest BCUT2D eigenvalue weighted by Crippen LogP contribution is -2.38. The van der Waals surface area contributed by atoms with Crippen LogP contribution in [0.3, 0.4) is 0 Å². The van der Waals surface area contributed by atoms with Gasteiger partial charge in [-0.05, 0) is 44.2 Å². The Hall–Kier alpha value is -1.06. The van der Waals surface area contributed by atoms with Crippen molar-refractivity contribution in [1.82, 2.24) is 4.90 Å². The molecule has 3 heteroatoms. The van der Waals surface area contributed by atoms with Crippen molar-refractivity contribution in [3.05, 3.63) is 30.3 Å². The summed E-state index contributed by atoms with van der Waals surface area (Å²) in [5.41, 5.74) is 1.21. The molecular formula is C17H28N2O. The van der Waals surface area contributed by atoms with Crippen LogP contribution in [0.5, 0.6) is 0 Å². The topological polar surface area (TPSA) is 24.5 Å². The highest BCUT2D eigenvalue weighted by molar-refractivity contribution is 5.42. The van der Waals surface area contributed by atoms with E-state index >= 15 is 0 Å². The predicted octanol–water partition coefficient (Wildman–Crippen LogP) is 3.24. The average molecular weight is 276 g/mol. The van der Waals surface area contributed by atoms with Crippen LogP contribution in [0.25, 0.3) is 0 Å². The minimum absolute atomic E-state index is 0.710. The molecule has 0 spiro atoms. The highest BCUT2D eigenvalue weighted by Gasteiger charge is 2.31. The normalized spacial score (nSPS) is 16.4. The summed E-state index contributed by atoms with van der Waals surface area (Å²) in [5, 5.41) is 3.48. The Morgan fingerprint density at radius 2 is 2.00 bits per heavy atom. The van der Waals surface area contributed by atoms with Gasteiger partial charge in [-0.15, -0.1) is 0 Å². The van der Waals surface area contributed by atoms with E-state index in [9.17, 15) is 0 Å². The summed E-state index contributed by atoms with van der Waals surface area (Å²) in [6.07, 6.45) is 4.00. The molecule has 1 N–H and O–H groups in total. The Labute approximate surface area is 123 Å². The first-order valence-electron chi connectivity index (χ1n) is 7.83. The fraction of sp³-hybridized carbons (Fsp3) is 0.647. The van der Waals surface area contributed by atoms with Crippen LogP contribution in [0.2, 0.25) is 0 Å². The van der Waals surface area contributed by atoms with Gasteiger partial charge in [0, 0.05) is 38.5 Å². The summed E-state index contributed by atoms with van der Waals surface area (Å²) in [5.74, 6) is 0.925. The third-order valence-corrected chi connectivity index (χ3v) is 4.19. The Morgan fingerprint density at radius 1 is 1.25 bits per heavy atom. The maximum atomic E-state index is 5.24. The van der Waals surface area contributed by atoms with Crippen LogP contribution in [0.1, 0.15) is 26.2 Å². The molecule has 112 valence electrons. The van der Waals surface area contributed by atoms with E-state index < -0.39 is 0 Å². The molecule has 0 amide bonds. The van der Waals surface area contributed by atoms with Gasteiger partial charge < -0.3 is 10.1 Å². The number of hydrogen-bond donors (Lipinski definition) is 1. The largest absolute Gasteiger partial charge is 0.385 e. The van der Waals surface area contributed by atoms with Crippen LogP contribution in [-0.2, 0) is 4.74 Å². The van der Waals surface area contributed by atoms with Crippen LogP contribution < -0.4 is 5.32 Å². The number of methoxy groups -OCH3 is 1. The number of anilines is 1. The summed E-state index contributed by atoms with van der Waals surface area (Å²) in [7, 11) is 1.79. The van der Waals surface area contributed by atoms with Gasteiger partial charge in [0.25, 0.3) is 0 Å². The Bertz CT molecular complexity index is 365. The van der Waals surface area contributed by atoms with Gasteiger partial charge in [0.2, 0.25) is 0 Å². The number of hydrogen-bond acceptors (Lipinski definition) is 3. The quantitative estimate of drug-likeness (QED) is 0.664. The zero-order valence-electron chi connectivity index (χ0n) is 12.8. The Morgan fingerprint density at radius 3 is 2.65 bits per heavy atom. The molecule has 1 aromatic carbocycles. The second-order valence-corrected chi connectivity index (χ2v) is 5.75. The first kappa shape index (κ1) is 15.3. The Kier molecular flexibility index (Phi) is 6.34. The zero-order valence-corrected chi connectivity index (χ0v) is 12.8. The van der Waals surface area contributed by atoms with Crippen LogP contribution in [0, 0.1) is 5.92 Å². The predicted molar refractivity (Wildman–Crippen MR) is 85.2 cm³/mol. The first-order chi connectivity index (χ1) is 9.81. The van der Waals surface area contributed by atoms with Gasteiger partial charge in [-0.2, -0.15) is 0 Å². The highest BCUT2D eigenvalue weighted by Crippen LogP contribution is 2.35. The number of rotatable bonds is 10. The number of nitrogens with zero attached hydrogens (tertiary/aromatic N) is 1. The molecule has 0 saturated heterocycles. The minimum atomic E-state index is 0.710. The molecule has 1 atom stereocenters. The van der Waals surface area contributed by atoms with Crippen LogP contribution in [0.15, 0.2) is 30.3 Å². The molecule has 0 heterocycles. The first-order valence-corrected chi connectivity index (χ1v) is 7.83. The van der Waals surface area contributed by atoms with Crippen molar-refractivity contribution < 1.29 is 4.74 Å². The molecule has 0 aliphatic heterocycles. The summed E-state index contributed by atoms with van der Waals surface area (Å²) in [6.45, 7) is 6.45.